The van der Waals surface area contributed by atoms with Crippen molar-refractivity contribution < 1.29 is 9.47 Å². The van der Waals surface area contributed by atoms with Crippen LogP contribution in [0.3, 0.4) is 0 Å². The van der Waals surface area contributed by atoms with Crippen LogP contribution in [0.2, 0.25) is 0 Å². The molecule has 4 heterocycles. The maximum Gasteiger partial charge on any atom is 0.261 e. The van der Waals surface area contributed by atoms with E-state index in [0.29, 0.717) is 62.4 Å². The number of hydrogen-bond acceptors (Lipinski definition) is 8. The number of aromatic nitrogens is 7. The average Bonchev–Trinajstić information content (AvgIpc) is 3.51. The van der Waals surface area contributed by atoms with Crippen molar-refractivity contribution in [2.75, 3.05) is 19.5 Å². The molecule has 1 aliphatic carbocycles. The molecule has 0 bridgehead atoms. The Balaban J connectivity index is 1.56. The van der Waals surface area contributed by atoms with Crippen molar-refractivity contribution in [2.45, 2.75) is 18.9 Å². The number of hydrogen-bond donors (Lipinski definition) is 3. The number of benzene rings is 1. The molecule has 4 aromatic heterocycles. The number of ether oxygens (including phenoxy) is 2. The van der Waals surface area contributed by atoms with Gasteiger partial charge in [-0.25, -0.2) is 15.0 Å². The van der Waals surface area contributed by atoms with Gasteiger partial charge in [-0.2, -0.15) is 5.10 Å². The van der Waals surface area contributed by atoms with Crippen LogP contribution >= 0.6 is 0 Å². The second kappa shape index (κ2) is 8.12. The molecule has 1 atom stereocenters. The molecule has 178 valence electrons. The van der Waals surface area contributed by atoms with Gasteiger partial charge in [0, 0.05) is 37.8 Å². The SMILES string of the molecule is COc1cc2nc(-c3c(NC(c4ncccn4)C4CC4)c4nn(C)cc4[nH]c3=O)[nH]c2cc1OC. The van der Waals surface area contributed by atoms with Gasteiger partial charge in [0.15, 0.2) is 17.3 Å². The number of aryl methyl sites for hydroxylation is 1. The number of H-pyrrole nitrogens is 2. The fourth-order valence-corrected chi connectivity index (χ4v) is 4.45. The Morgan fingerprint density at radius 2 is 1.83 bits per heavy atom. The third-order valence-electron chi connectivity index (χ3n) is 6.27. The predicted octanol–water partition coefficient (Wildman–Crippen LogP) is 3.18. The molecule has 1 unspecified atom stereocenters. The maximum atomic E-state index is 13.4. The second-order valence-electron chi connectivity index (χ2n) is 8.65. The quantitative estimate of drug-likeness (QED) is 0.329. The summed E-state index contributed by atoms with van der Waals surface area (Å²) in [6, 6.07) is 5.21. The highest BCUT2D eigenvalue weighted by molar-refractivity contribution is 5.97. The van der Waals surface area contributed by atoms with E-state index >= 15 is 0 Å². The highest BCUT2D eigenvalue weighted by Gasteiger charge is 2.36. The number of fused-ring (bicyclic) bond motifs is 2. The molecule has 3 N–H and O–H groups in total. The van der Waals surface area contributed by atoms with E-state index in [-0.39, 0.29) is 11.6 Å². The molecule has 0 spiro atoms. The Labute approximate surface area is 199 Å². The van der Waals surface area contributed by atoms with Crippen molar-refractivity contribution in [3.8, 4) is 22.9 Å². The minimum atomic E-state index is -0.283. The summed E-state index contributed by atoms with van der Waals surface area (Å²) in [7, 11) is 4.97. The van der Waals surface area contributed by atoms with Gasteiger partial charge in [0.2, 0.25) is 0 Å². The van der Waals surface area contributed by atoms with Crippen molar-refractivity contribution in [2.24, 2.45) is 13.0 Å². The van der Waals surface area contributed by atoms with Crippen LogP contribution in [0.4, 0.5) is 5.69 Å². The summed E-state index contributed by atoms with van der Waals surface area (Å²) in [6.07, 6.45) is 7.36. The van der Waals surface area contributed by atoms with Crippen LogP contribution in [0.1, 0.15) is 24.7 Å². The Hall–Kier alpha value is -4.41. The molecule has 0 amide bonds. The first-order valence-electron chi connectivity index (χ1n) is 11.3. The summed E-state index contributed by atoms with van der Waals surface area (Å²) in [4.78, 5) is 33.3. The van der Waals surface area contributed by atoms with E-state index in [4.69, 9.17) is 14.5 Å². The van der Waals surface area contributed by atoms with E-state index < -0.39 is 0 Å². The zero-order valence-electron chi connectivity index (χ0n) is 19.5. The summed E-state index contributed by atoms with van der Waals surface area (Å²) >= 11 is 0. The maximum absolute atomic E-state index is 13.4. The zero-order chi connectivity index (χ0) is 24.1. The fourth-order valence-electron chi connectivity index (χ4n) is 4.45. The second-order valence-corrected chi connectivity index (χ2v) is 8.65. The Morgan fingerprint density at radius 3 is 2.54 bits per heavy atom. The number of anilines is 1. The van der Waals surface area contributed by atoms with Gasteiger partial charge >= 0.3 is 0 Å². The lowest BCUT2D eigenvalue weighted by Crippen LogP contribution is -2.20. The first-order valence-corrected chi connectivity index (χ1v) is 11.3. The molecular weight excluding hydrogens is 448 g/mol. The minimum absolute atomic E-state index is 0.161. The molecule has 1 fully saturated rings. The number of nitrogens with zero attached hydrogens (tertiary/aromatic N) is 5. The lowest BCUT2D eigenvalue weighted by molar-refractivity contribution is 0.356. The number of rotatable bonds is 7. The lowest BCUT2D eigenvalue weighted by atomic mass is 10.1. The number of aromatic amines is 2. The number of methoxy groups -OCH3 is 2. The third-order valence-corrected chi connectivity index (χ3v) is 6.27. The highest BCUT2D eigenvalue weighted by atomic mass is 16.5. The Bertz CT molecular complexity index is 1560. The minimum Gasteiger partial charge on any atom is -0.493 e. The van der Waals surface area contributed by atoms with Crippen LogP contribution < -0.4 is 20.3 Å². The van der Waals surface area contributed by atoms with Crippen molar-refractivity contribution in [1.29, 1.82) is 0 Å². The van der Waals surface area contributed by atoms with Crippen molar-refractivity contribution in [3.63, 3.8) is 0 Å². The van der Waals surface area contributed by atoms with Crippen LogP contribution in [-0.4, -0.2) is 48.9 Å². The van der Waals surface area contributed by atoms with E-state index in [1.165, 1.54) is 0 Å². The molecule has 11 nitrogen and oxygen atoms in total. The monoisotopic (exact) mass is 472 g/mol. The molecule has 0 saturated heterocycles. The third kappa shape index (κ3) is 3.65. The molecule has 5 aromatic rings. The van der Waals surface area contributed by atoms with Gasteiger partial charge in [0.05, 0.1) is 42.5 Å². The van der Waals surface area contributed by atoms with Crippen LogP contribution in [-0.2, 0) is 7.05 Å². The number of pyridine rings is 1. The van der Waals surface area contributed by atoms with Gasteiger partial charge in [-0.1, -0.05) is 0 Å². The van der Waals surface area contributed by atoms with E-state index in [0.717, 1.165) is 12.8 Å². The normalized spacial score (nSPS) is 14.4. The van der Waals surface area contributed by atoms with Crippen molar-refractivity contribution in [3.05, 3.63) is 53.0 Å². The molecule has 1 aromatic carbocycles. The summed E-state index contributed by atoms with van der Waals surface area (Å²) in [6.45, 7) is 0. The summed E-state index contributed by atoms with van der Waals surface area (Å²) in [5, 5.41) is 8.22. The highest BCUT2D eigenvalue weighted by Crippen LogP contribution is 2.43. The van der Waals surface area contributed by atoms with E-state index in [2.05, 4.69) is 30.4 Å². The zero-order valence-corrected chi connectivity index (χ0v) is 19.5. The number of imidazole rings is 1. The van der Waals surface area contributed by atoms with Crippen LogP contribution in [0.25, 0.3) is 33.5 Å². The van der Waals surface area contributed by atoms with Gasteiger partial charge in [-0.3, -0.25) is 9.48 Å². The largest absolute Gasteiger partial charge is 0.493 e. The van der Waals surface area contributed by atoms with Gasteiger partial charge in [0.25, 0.3) is 5.56 Å². The Morgan fingerprint density at radius 1 is 1.09 bits per heavy atom. The average molecular weight is 473 g/mol. The molecule has 1 aliphatic rings. The van der Waals surface area contributed by atoms with Crippen LogP contribution in [0.15, 0.2) is 41.6 Å². The van der Waals surface area contributed by atoms with Crippen LogP contribution in [0.5, 0.6) is 11.5 Å². The first kappa shape index (κ1) is 21.1. The first-order chi connectivity index (χ1) is 17.1. The van der Waals surface area contributed by atoms with Crippen molar-refractivity contribution >= 4 is 27.8 Å². The molecular formula is C24H24N8O3. The van der Waals surface area contributed by atoms with E-state index in [1.54, 1.807) is 55.7 Å². The van der Waals surface area contributed by atoms with Gasteiger partial charge in [-0.15, -0.1) is 0 Å². The fraction of sp³-hybridized carbons (Fsp3) is 0.292. The van der Waals surface area contributed by atoms with Gasteiger partial charge in [0.1, 0.15) is 16.9 Å². The van der Waals surface area contributed by atoms with Crippen LogP contribution in [0, 0.1) is 5.92 Å². The molecule has 35 heavy (non-hydrogen) atoms. The van der Waals surface area contributed by atoms with E-state index in [9.17, 15) is 4.79 Å². The number of nitrogens with one attached hydrogen (secondary N) is 3. The molecule has 0 aliphatic heterocycles. The predicted molar refractivity (Wildman–Crippen MR) is 131 cm³/mol. The topological polar surface area (TPSA) is 136 Å². The molecule has 6 rings (SSSR count). The summed E-state index contributed by atoms with van der Waals surface area (Å²) < 4.78 is 12.5. The van der Waals surface area contributed by atoms with Gasteiger partial charge in [-0.05, 0) is 24.8 Å². The smallest absolute Gasteiger partial charge is 0.261 e. The standard InChI is InChI=1S/C24H24N8O3/c1-32-11-15-20(31-32)21(30-19(12-5-6-12)23-25-7-4-8-26-23)18(24(33)29-15)22-27-13-9-16(34-2)17(35-3)10-14(13)28-22/h4,7-12,19,30H,5-6H2,1-3H3,(H,27,28)(H,29,33). The molecule has 1 saturated carbocycles. The van der Waals surface area contributed by atoms with E-state index in [1.807, 2.05) is 7.05 Å². The molecule has 0 radical (unpaired) electrons. The van der Waals surface area contributed by atoms with Gasteiger partial charge < -0.3 is 24.8 Å². The summed E-state index contributed by atoms with van der Waals surface area (Å²) in [5.41, 5.74) is 3.31. The lowest BCUT2D eigenvalue weighted by Gasteiger charge is -2.20. The molecule has 11 heteroatoms. The van der Waals surface area contributed by atoms with Crippen molar-refractivity contribution in [1.82, 2.24) is 34.7 Å². The summed E-state index contributed by atoms with van der Waals surface area (Å²) in [5.74, 6) is 2.59. The Kier molecular flexibility index (Phi) is 4.90.